The molecule has 0 aliphatic heterocycles. The lowest BCUT2D eigenvalue weighted by Crippen LogP contribution is -2.27. The van der Waals surface area contributed by atoms with Gasteiger partial charge in [-0.1, -0.05) is 15.9 Å². The lowest BCUT2D eigenvalue weighted by atomic mass is 10.0. The molecule has 0 fully saturated rings. The van der Waals surface area contributed by atoms with Crippen LogP contribution in [-0.2, 0) is 17.6 Å². The minimum absolute atomic E-state index is 0.128. The molecule has 7 heteroatoms. The Morgan fingerprint density at radius 3 is 2.67 bits per heavy atom. The van der Waals surface area contributed by atoms with E-state index in [0.29, 0.717) is 17.2 Å². The predicted octanol–water partition coefficient (Wildman–Crippen LogP) is 3.54. The van der Waals surface area contributed by atoms with E-state index >= 15 is 0 Å². The van der Waals surface area contributed by atoms with E-state index in [2.05, 4.69) is 31.5 Å². The van der Waals surface area contributed by atoms with Crippen LogP contribution in [0.5, 0.6) is 0 Å². The van der Waals surface area contributed by atoms with Crippen molar-refractivity contribution in [3.8, 4) is 0 Å². The van der Waals surface area contributed by atoms with Gasteiger partial charge in [-0.2, -0.15) is 0 Å². The fourth-order valence-electron chi connectivity index (χ4n) is 2.58. The van der Waals surface area contributed by atoms with Gasteiger partial charge < -0.3 is 10.6 Å². The number of aromatic nitrogens is 1. The van der Waals surface area contributed by atoms with Crippen LogP contribution < -0.4 is 10.6 Å². The molecule has 2 N–H and O–H groups in total. The van der Waals surface area contributed by atoms with E-state index in [1.54, 1.807) is 23.5 Å². The van der Waals surface area contributed by atoms with Crippen LogP contribution in [0.4, 0.5) is 5.13 Å². The molecule has 0 spiro atoms. The van der Waals surface area contributed by atoms with Gasteiger partial charge in [0.15, 0.2) is 5.13 Å². The second-order valence-electron chi connectivity index (χ2n) is 5.66. The van der Waals surface area contributed by atoms with Gasteiger partial charge in [0.2, 0.25) is 5.91 Å². The Bertz CT molecular complexity index is 719. The number of carbonyl (C=O) groups excluding carboxylic acids is 2. The number of aryl methyl sites for hydroxylation is 2. The molecule has 1 heterocycles. The predicted molar refractivity (Wildman–Crippen MR) is 98.5 cm³/mol. The number of carbonyl (C=O) groups is 2. The average Bonchev–Trinajstić information content (AvgIpc) is 2.97. The van der Waals surface area contributed by atoms with E-state index in [-0.39, 0.29) is 18.2 Å². The Balaban J connectivity index is 1.44. The molecule has 0 radical (unpaired) electrons. The molecular weight excluding hydrogens is 390 g/mol. The third kappa shape index (κ3) is 4.42. The lowest BCUT2D eigenvalue weighted by Gasteiger charge is -2.06. The summed E-state index contributed by atoms with van der Waals surface area (Å²) >= 11 is 4.90. The van der Waals surface area contributed by atoms with Crippen molar-refractivity contribution in [3.63, 3.8) is 0 Å². The summed E-state index contributed by atoms with van der Waals surface area (Å²) in [6.45, 7) is 0.297. The van der Waals surface area contributed by atoms with Crippen molar-refractivity contribution in [2.75, 3.05) is 11.9 Å². The minimum atomic E-state index is -0.181. The summed E-state index contributed by atoms with van der Waals surface area (Å²) in [6, 6.07) is 7.09. The number of halogens is 1. The van der Waals surface area contributed by atoms with Gasteiger partial charge in [-0.15, -0.1) is 11.3 Å². The number of amides is 2. The molecule has 2 aromatic rings. The fourth-order valence-corrected chi connectivity index (χ4v) is 3.91. The van der Waals surface area contributed by atoms with E-state index in [1.165, 1.54) is 17.7 Å². The maximum Gasteiger partial charge on any atom is 0.251 e. The number of benzene rings is 1. The standard InChI is InChI=1S/C17H18BrN3O2S/c18-12-7-5-11(6-8-12)16(23)19-10-9-15(22)21-17-20-13-3-1-2-4-14(13)24-17/h5-8H,1-4,9-10H2,(H,19,23)(H,20,21,22). The highest BCUT2D eigenvalue weighted by molar-refractivity contribution is 9.10. The first-order valence-corrected chi connectivity index (χ1v) is 9.55. The first-order valence-electron chi connectivity index (χ1n) is 7.94. The normalized spacial score (nSPS) is 13.2. The van der Waals surface area contributed by atoms with Gasteiger partial charge in [0.1, 0.15) is 0 Å². The highest BCUT2D eigenvalue weighted by Crippen LogP contribution is 2.29. The quantitative estimate of drug-likeness (QED) is 0.795. The molecule has 0 atom stereocenters. The summed E-state index contributed by atoms with van der Waals surface area (Å²) in [7, 11) is 0. The van der Waals surface area contributed by atoms with Crippen LogP contribution in [0, 0.1) is 0 Å². The van der Waals surface area contributed by atoms with Gasteiger partial charge in [-0.3, -0.25) is 9.59 Å². The Kier molecular flexibility index (Phi) is 5.63. The van der Waals surface area contributed by atoms with Crippen LogP contribution in [0.1, 0.15) is 40.2 Å². The molecule has 0 unspecified atom stereocenters. The molecule has 1 aliphatic carbocycles. The first-order chi connectivity index (χ1) is 11.6. The highest BCUT2D eigenvalue weighted by atomic mass is 79.9. The van der Waals surface area contributed by atoms with E-state index in [0.717, 1.165) is 23.0 Å². The molecule has 0 saturated heterocycles. The number of hydrogen-bond acceptors (Lipinski definition) is 4. The fraction of sp³-hybridized carbons (Fsp3) is 0.353. The Labute approximate surface area is 153 Å². The Morgan fingerprint density at radius 2 is 1.92 bits per heavy atom. The highest BCUT2D eigenvalue weighted by Gasteiger charge is 2.16. The van der Waals surface area contributed by atoms with Gasteiger partial charge in [-0.25, -0.2) is 4.98 Å². The van der Waals surface area contributed by atoms with Crippen LogP contribution in [0.3, 0.4) is 0 Å². The third-order valence-electron chi connectivity index (χ3n) is 3.84. The Morgan fingerprint density at radius 1 is 1.17 bits per heavy atom. The van der Waals surface area contributed by atoms with E-state index in [9.17, 15) is 9.59 Å². The second-order valence-corrected chi connectivity index (χ2v) is 7.66. The number of nitrogens with zero attached hydrogens (tertiary/aromatic N) is 1. The third-order valence-corrected chi connectivity index (χ3v) is 5.44. The smallest absolute Gasteiger partial charge is 0.251 e. The van der Waals surface area contributed by atoms with Crippen molar-refractivity contribution in [1.29, 1.82) is 0 Å². The average molecular weight is 408 g/mol. The number of thiazole rings is 1. The molecule has 1 aromatic heterocycles. The number of fused-ring (bicyclic) bond motifs is 1. The summed E-state index contributed by atoms with van der Waals surface area (Å²) in [5, 5.41) is 6.26. The summed E-state index contributed by atoms with van der Waals surface area (Å²) < 4.78 is 0.921. The molecule has 24 heavy (non-hydrogen) atoms. The second kappa shape index (κ2) is 7.90. The van der Waals surface area contributed by atoms with Crippen LogP contribution in [-0.4, -0.2) is 23.3 Å². The van der Waals surface area contributed by atoms with Gasteiger partial charge in [0.05, 0.1) is 5.69 Å². The van der Waals surface area contributed by atoms with Crippen molar-refractivity contribution in [2.24, 2.45) is 0 Å². The zero-order valence-corrected chi connectivity index (χ0v) is 15.5. The molecule has 126 valence electrons. The van der Waals surface area contributed by atoms with Crippen LogP contribution in [0.2, 0.25) is 0 Å². The van der Waals surface area contributed by atoms with Gasteiger partial charge in [0.25, 0.3) is 5.91 Å². The van der Waals surface area contributed by atoms with Crippen molar-refractivity contribution in [2.45, 2.75) is 32.1 Å². The lowest BCUT2D eigenvalue weighted by molar-refractivity contribution is -0.116. The molecule has 2 amide bonds. The van der Waals surface area contributed by atoms with Crippen LogP contribution >= 0.6 is 27.3 Å². The monoisotopic (exact) mass is 407 g/mol. The van der Waals surface area contributed by atoms with Crippen molar-refractivity contribution in [1.82, 2.24) is 10.3 Å². The molecule has 0 saturated carbocycles. The summed E-state index contributed by atoms with van der Waals surface area (Å²) in [5.41, 5.74) is 1.70. The number of hydrogen-bond donors (Lipinski definition) is 2. The summed E-state index contributed by atoms with van der Waals surface area (Å²) in [5.74, 6) is -0.308. The minimum Gasteiger partial charge on any atom is -0.352 e. The zero-order valence-electron chi connectivity index (χ0n) is 13.1. The number of anilines is 1. The van der Waals surface area contributed by atoms with E-state index < -0.39 is 0 Å². The maximum atomic E-state index is 12.0. The maximum absolute atomic E-state index is 12.0. The Hall–Kier alpha value is -1.73. The SMILES string of the molecule is O=C(CCNC(=O)c1ccc(Br)cc1)Nc1nc2c(s1)CCCC2. The molecular formula is C17H18BrN3O2S. The largest absolute Gasteiger partial charge is 0.352 e. The van der Waals surface area contributed by atoms with Crippen molar-refractivity contribution in [3.05, 3.63) is 44.9 Å². The van der Waals surface area contributed by atoms with Gasteiger partial charge >= 0.3 is 0 Å². The topological polar surface area (TPSA) is 71.1 Å². The summed E-state index contributed by atoms with van der Waals surface area (Å²) in [4.78, 5) is 29.7. The molecule has 3 rings (SSSR count). The van der Waals surface area contributed by atoms with Crippen molar-refractivity contribution < 1.29 is 9.59 Å². The van der Waals surface area contributed by atoms with Gasteiger partial charge in [0, 0.05) is 27.9 Å². The summed E-state index contributed by atoms with van der Waals surface area (Å²) in [6.07, 6.45) is 4.67. The molecule has 1 aromatic carbocycles. The molecule has 5 nitrogen and oxygen atoms in total. The molecule has 1 aliphatic rings. The number of nitrogens with one attached hydrogen (secondary N) is 2. The van der Waals surface area contributed by atoms with Crippen LogP contribution in [0.15, 0.2) is 28.7 Å². The first kappa shape index (κ1) is 17.1. The van der Waals surface area contributed by atoms with Crippen molar-refractivity contribution >= 4 is 44.2 Å². The van der Waals surface area contributed by atoms with E-state index in [1.807, 2.05) is 12.1 Å². The van der Waals surface area contributed by atoms with Gasteiger partial charge in [-0.05, 0) is 49.9 Å². The number of rotatable bonds is 5. The zero-order chi connectivity index (χ0) is 16.9. The molecule has 0 bridgehead atoms. The van der Waals surface area contributed by atoms with Crippen LogP contribution in [0.25, 0.3) is 0 Å². The van der Waals surface area contributed by atoms with E-state index in [4.69, 9.17) is 0 Å².